The Morgan fingerprint density at radius 2 is 2.00 bits per heavy atom. The molecular formula is C19H18FN5O3. The minimum absolute atomic E-state index is 0.0284. The summed E-state index contributed by atoms with van der Waals surface area (Å²) in [6, 6.07) is 2.93. The lowest BCUT2D eigenvalue weighted by atomic mass is 10.0. The number of methoxy groups -OCH3 is 2. The standard InChI is InChI=1S/C19H18FN5O3/c1-4-25-8-12-14(18(25)26)15(21)9-5-6-11(20)13(16(9)23-12)10-7-22-19(28-3)24-17(10)27-2/h5-8,26H,4,21H2,1-3H3. The van der Waals surface area contributed by atoms with Gasteiger partial charge in [-0.1, -0.05) is 0 Å². The molecule has 0 aliphatic heterocycles. The van der Waals surface area contributed by atoms with Crippen LogP contribution in [0.4, 0.5) is 10.1 Å². The minimum atomic E-state index is -0.523. The molecule has 1 aromatic carbocycles. The zero-order chi connectivity index (χ0) is 20.0. The van der Waals surface area contributed by atoms with Crippen LogP contribution in [-0.2, 0) is 6.54 Å². The van der Waals surface area contributed by atoms with Crippen LogP contribution in [0.3, 0.4) is 0 Å². The molecule has 4 rings (SSSR count). The molecule has 0 amide bonds. The molecule has 4 aromatic rings. The molecule has 0 saturated carbocycles. The van der Waals surface area contributed by atoms with Crippen LogP contribution in [0.1, 0.15) is 6.92 Å². The number of ether oxygens (including phenoxy) is 2. The molecule has 3 aromatic heterocycles. The Labute approximate surface area is 159 Å². The molecule has 3 heterocycles. The average Bonchev–Trinajstić information content (AvgIpc) is 3.03. The van der Waals surface area contributed by atoms with Gasteiger partial charge in [-0.05, 0) is 19.1 Å². The van der Waals surface area contributed by atoms with E-state index >= 15 is 0 Å². The monoisotopic (exact) mass is 383 g/mol. The highest BCUT2D eigenvalue weighted by atomic mass is 19.1. The van der Waals surface area contributed by atoms with Gasteiger partial charge in [0.1, 0.15) is 5.82 Å². The molecular weight excluding hydrogens is 365 g/mol. The van der Waals surface area contributed by atoms with Gasteiger partial charge in [-0.25, -0.2) is 14.4 Å². The number of nitrogen functional groups attached to an aromatic ring is 1. The number of rotatable bonds is 4. The van der Waals surface area contributed by atoms with Gasteiger partial charge in [0.2, 0.25) is 11.8 Å². The second kappa shape index (κ2) is 6.52. The van der Waals surface area contributed by atoms with E-state index in [2.05, 4.69) is 15.0 Å². The first kappa shape index (κ1) is 17.8. The Morgan fingerprint density at radius 1 is 1.21 bits per heavy atom. The lowest BCUT2D eigenvalue weighted by Gasteiger charge is -2.13. The third kappa shape index (κ3) is 2.47. The topological polar surface area (TPSA) is 108 Å². The lowest BCUT2D eigenvalue weighted by Crippen LogP contribution is -2.00. The molecule has 8 nitrogen and oxygen atoms in total. The van der Waals surface area contributed by atoms with E-state index in [-0.39, 0.29) is 23.3 Å². The number of aromatic hydroxyl groups is 1. The molecule has 3 N–H and O–H groups in total. The number of pyridine rings is 1. The Balaban J connectivity index is 2.11. The Morgan fingerprint density at radius 3 is 2.68 bits per heavy atom. The predicted molar refractivity (Wildman–Crippen MR) is 103 cm³/mol. The second-order valence-electron chi connectivity index (χ2n) is 6.12. The summed E-state index contributed by atoms with van der Waals surface area (Å²) in [4.78, 5) is 12.8. The molecule has 0 bridgehead atoms. The van der Waals surface area contributed by atoms with Crippen molar-refractivity contribution >= 4 is 27.5 Å². The van der Waals surface area contributed by atoms with Gasteiger partial charge in [-0.15, -0.1) is 0 Å². The summed E-state index contributed by atoms with van der Waals surface area (Å²) in [5.41, 5.74) is 7.90. The van der Waals surface area contributed by atoms with Crippen LogP contribution in [0.2, 0.25) is 0 Å². The molecule has 0 spiro atoms. The molecule has 0 aliphatic carbocycles. The number of benzene rings is 1. The normalized spacial score (nSPS) is 11.3. The molecule has 144 valence electrons. The number of hydrogen-bond acceptors (Lipinski definition) is 7. The first-order valence-electron chi connectivity index (χ1n) is 8.55. The number of aryl methyl sites for hydroxylation is 1. The largest absolute Gasteiger partial charge is 0.494 e. The first-order chi connectivity index (χ1) is 13.5. The van der Waals surface area contributed by atoms with E-state index in [0.717, 1.165) is 0 Å². The van der Waals surface area contributed by atoms with Crippen molar-refractivity contribution in [3.8, 4) is 28.9 Å². The van der Waals surface area contributed by atoms with Crippen molar-refractivity contribution in [1.29, 1.82) is 0 Å². The van der Waals surface area contributed by atoms with Crippen LogP contribution >= 0.6 is 0 Å². The van der Waals surface area contributed by atoms with Gasteiger partial charge in [0.05, 0.1) is 47.5 Å². The van der Waals surface area contributed by atoms with Crippen molar-refractivity contribution in [2.45, 2.75) is 13.5 Å². The quantitative estimate of drug-likeness (QED) is 0.557. The van der Waals surface area contributed by atoms with Crippen LogP contribution in [0, 0.1) is 5.82 Å². The fraction of sp³-hybridized carbons (Fsp3) is 0.211. The number of nitrogens with zero attached hydrogens (tertiary/aromatic N) is 4. The van der Waals surface area contributed by atoms with E-state index < -0.39 is 5.82 Å². The number of hydrogen-bond donors (Lipinski definition) is 2. The van der Waals surface area contributed by atoms with Gasteiger partial charge in [0.15, 0.2) is 0 Å². The number of aromatic nitrogens is 4. The smallest absolute Gasteiger partial charge is 0.319 e. The van der Waals surface area contributed by atoms with Gasteiger partial charge >= 0.3 is 6.01 Å². The van der Waals surface area contributed by atoms with Gasteiger partial charge < -0.3 is 24.9 Å². The third-order valence-electron chi connectivity index (χ3n) is 4.67. The van der Waals surface area contributed by atoms with Crippen molar-refractivity contribution in [1.82, 2.24) is 19.5 Å². The summed E-state index contributed by atoms with van der Waals surface area (Å²) in [5.74, 6) is -0.349. The highest BCUT2D eigenvalue weighted by Gasteiger charge is 2.22. The van der Waals surface area contributed by atoms with Crippen LogP contribution in [0.5, 0.6) is 17.8 Å². The molecule has 0 radical (unpaired) electrons. The Hall–Kier alpha value is -3.62. The van der Waals surface area contributed by atoms with Gasteiger partial charge in [-0.3, -0.25) is 0 Å². The SMILES string of the molecule is CCn1cc2nc3c(-c4cnc(OC)nc4OC)c(F)ccc3c(N)c2c1O. The fourth-order valence-electron chi connectivity index (χ4n) is 3.30. The zero-order valence-corrected chi connectivity index (χ0v) is 15.5. The van der Waals surface area contributed by atoms with Crippen molar-refractivity contribution in [3.63, 3.8) is 0 Å². The van der Waals surface area contributed by atoms with Gasteiger partial charge in [0.25, 0.3) is 0 Å². The summed E-state index contributed by atoms with van der Waals surface area (Å²) in [5, 5.41) is 11.4. The fourth-order valence-corrected chi connectivity index (χ4v) is 3.30. The van der Waals surface area contributed by atoms with E-state index in [1.54, 1.807) is 10.8 Å². The van der Waals surface area contributed by atoms with E-state index in [0.29, 0.717) is 39.6 Å². The number of anilines is 1. The van der Waals surface area contributed by atoms with Crippen molar-refractivity contribution in [3.05, 3.63) is 30.3 Å². The predicted octanol–water partition coefficient (Wildman–Crippen LogP) is 3.11. The molecule has 9 heteroatoms. The number of fused-ring (bicyclic) bond motifs is 2. The highest BCUT2D eigenvalue weighted by molar-refractivity contribution is 6.12. The van der Waals surface area contributed by atoms with Crippen molar-refractivity contribution in [2.24, 2.45) is 0 Å². The molecule has 0 unspecified atom stereocenters. The second-order valence-corrected chi connectivity index (χ2v) is 6.12. The van der Waals surface area contributed by atoms with Crippen molar-refractivity contribution < 1.29 is 19.0 Å². The van der Waals surface area contributed by atoms with Gasteiger partial charge in [0, 0.05) is 24.3 Å². The maximum Gasteiger partial charge on any atom is 0.319 e. The van der Waals surface area contributed by atoms with Crippen LogP contribution in [0.25, 0.3) is 32.9 Å². The average molecular weight is 383 g/mol. The lowest BCUT2D eigenvalue weighted by molar-refractivity contribution is 0.353. The summed E-state index contributed by atoms with van der Waals surface area (Å²) in [7, 11) is 2.85. The van der Waals surface area contributed by atoms with E-state index in [9.17, 15) is 9.50 Å². The summed E-state index contributed by atoms with van der Waals surface area (Å²) in [6.45, 7) is 2.43. The number of halogens is 1. The summed E-state index contributed by atoms with van der Waals surface area (Å²) in [6.07, 6.45) is 3.09. The molecule has 0 saturated heterocycles. The molecule has 0 aliphatic rings. The number of nitrogens with two attached hydrogens (primary N) is 1. The zero-order valence-electron chi connectivity index (χ0n) is 15.5. The first-order valence-corrected chi connectivity index (χ1v) is 8.55. The van der Waals surface area contributed by atoms with Crippen molar-refractivity contribution in [2.75, 3.05) is 20.0 Å². The maximum absolute atomic E-state index is 14.9. The minimum Gasteiger partial charge on any atom is -0.494 e. The van der Waals surface area contributed by atoms with Crippen LogP contribution < -0.4 is 15.2 Å². The van der Waals surface area contributed by atoms with E-state index in [1.807, 2.05) is 6.92 Å². The highest BCUT2D eigenvalue weighted by Crippen LogP contribution is 2.41. The van der Waals surface area contributed by atoms with Gasteiger partial charge in [-0.2, -0.15) is 4.98 Å². The third-order valence-corrected chi connectivity index (χ3v) is 4.67. The Kier molecular flexibility index (Phi) is 4.14. The summed E-state index contributed by atoms with van der Waals surface area (Å²) >= 11 is 0. The van der Waals surface area contributed by atoms with Crippen LogP contribution in [-0.4, -0.2) is 38.8 Å². The van der Waals surface area contributed by atoms with E-state index in [1.165, 1.54) is 32.5 Å². The van der Waals surface area contributed by atoms with Crippen LogP contribution in [0.15, 0.2) is 24.5 Å². The van der Waals surface area contributed by atoms with E-state index in [4.69, 9.17) is 15.2 Å². The molecule has 28 heavy (non-hydrogen) atoms. The summed E-state index contributed by atoms with van der Waals surface area (Å²) < 4.78 is 26.8. The maximum atomic E-state index is 14.9. The Bertz CT molecular complexity index is 1220. The molecule has 0 fully saturated rings. The molecule has 0 atom stereocenters.